The van der Waals surface area contributed by atoms with E-state index in [4.69, 9.17) is 0 Å². The minimum absolute atomic E-state index is 0.0517. The number of carbonyl (C=O) groups is 1. The van der Waals surface area contributed by atoms with Crippen molar-refractivity contribution in [2.75, 3.05) is 0 Å². The summed E-state index contributed by atoms with van der Waals surface area (Å²) in [6.07, 6.45) is 18.0. The maximum atomic E-state index is 13.1. The molecule has 26 heavy (non-hydrogen) atoms. The summed E-state index contributed by atoms with van der Waals surface area (Å²) in [4.78, 5) is 18.4. The van der Waals surface area contributed by atoms with Gasteiger partial charge in [-0.1, -0.05) is 6.08 Å². The van der Waals surface area contributed by atoms with Crippen molar-refractivity contribution in [3.8, 4) is 0 Å². The Bertz CT molecular complexity index is 777. The number of pyridine rings is 1. The lowest BCUT2D eigenvalue weighted by atomic mass is 10.1. The maximum Gasteiger partial charge on any atom is 0.269 e. The number of carbonyl (C=O) groups excluding carboxylic acids is 1. The summed E-state index contributed by atoms with van der Waals surface area (Å²) in [5.41, 5.74) is 2.89. The second-order valence-corrected chi connectivity index (χ2v) is 7.82. The molecule has 0 saturated heterocycles. The molecule has 1 aromatic rings. The number of amides is 1. The number of aromatic nitrogens is 1. The van der Waals surface area contributed by atoms with E-state index in [-0.39, 0.29) is 12.1 Å². The first kappa shape index (κ1) is 15.7. The van der Waals surface area contributed by atoms with E-state index in [9.17, 15) is 4.79 Å². The van der Waals surface area contributed by atoms with Crippen molar-refractivity contribution in [1.29, 1.82) is 0 Å². The maximum absolute atomic E-state index is 13.1. The Morgan fingerprint density at radius 1 is 1.27 bits per heavy atom. The number of nitrogens with zero attached hydrogens (tertiary/aromatic N) is 1. The zero-order valence-corrected chi connectivity index (χ0v) is 14.8. The SMILES string of the molecule is O=C(NC(C1CC1)C1CC1)C1=C2C=CC=CN2C(Cc2ccc[nH+]c2)N1. The minimum Gasteiger partial charge on any atom is -0.358 e. The summed E-state index contributed by atoms with van der Waals surface area (Å²) in [6, 6.07) is 4.49. The fourth-order valence-electron chi connectivity index (χ4n) is 4.12. The first-order valence-corrected chi connectivity index (χ1v) is 9.69. The second kappa shape index (κ2) is 6.31. The molecule has 4 aliphatic rings. The van der Waals surface area contributed by atoms with Crippen LogP contribution in [0.4, 0.5) is 0 Å². The molecule has 1 amide bonds. The largest absolute Gasteiger partial charge is 0.358 e. The van der Waals surface area contributed by atoms with Gasteiger partial charge in [-0.2, -0.15) is 0 Å². The molecule has 0 spiro atoms. The van der Waals surface area contributed by atoms with Gasteiger partial charge >= 0.3 is 0 Å². The van der Waals surface area contributed by atoms with Gasteiger partial charge in [0.25, 0.3) is 5.91 Å². The summed E-state index contributed by atoms with van der Waals surface area (Å²) >= 11 is 0. The Morgan fingerprint density at radius 2 is 2.08 bits per heavy atom. The van der Waals surface area contributed by atoms with E-state index in [1.54, 1.807) is 0 Å². The fraction of sp³-hybridized carbons (Fsp3) is 0.429. The van der Waals surface area contributed by atoms with Gasteiger partial charge in [-0.05, 0) is 55.7 Å². The molecule has 5 heteroatoms. The predicted octanol–water partition coefficient (Wildman–Crippen LogP) is 1.87. The van der Waals surface area contributed by atoms with Crippen LogP contribution in [0.3, 0.4) is 0 Å². The average molecular weight is 349 g/mol. The van der Waals surface area contributed by atoms with Crippen LogP contribution < -0.4 is 15.6 Å². The molecule has 3 heterocycles. The molecule has 0 bridgehead atoms. The lowest BCUT2D eigenvalue weighted by molar-refractivity contribution is -0.378. The molecule has 0 aromatic carbocycles. The Labute approximate surface area is 153 Å². The highest BCUT2D eigenvalue weighted by atomic mass is 16.2. The second-order valence-electron chi connectivity index (χ2n) is 7.82. The molecular weight excluding hydrogens is 324 g/mol. The number of aromatic amines is 1. The number of allylic oxidation sites excluding steroid dienone is 3. The molecule has 0 radical (unpaired) electrons. The average Bonchev–Trinajstić information content (AvgIpc) is 3.59. The van der Waals surface area contributed by atoms with Crippen molar-refractivity contribution >= 4 is 5.91 Å². The monoisotopic (exact) mass is 349 g/mol. The molecular formula is C21H25N4O+. The van der Waals surface area contributed by atoms with E-state index in [1.165, 1.54) is 31.2 Å². The summed E-state index contributed by atoms with van der Waals surface area (Å²) in [5, 5.41) is 6.83. The molecule has 5 nitrogen and oxygen atoms in total. The van der Waals surface area contributed by atoms with Gasteiger partial charge in [-0.25, -0.2) is 4.98 Å². The molecule has 134 valence electrons. The van der Waals surface area contributed by atoms with Crippen LogP contribution in [0.2, 0.25) is 0 Å². The highest BCUT2D eigenvalue weighted by Crippen LogP contribution is 2.44. The highest BCUT2D eigenvalue weighted by molar-refractivity contribution is 5.95. The van der Waals surface area contributed by atoms with E-state index in [0.29, 0.717) is 23.6 Å². The van der Waals surface area contributed by atoms with Gasteiger partial charge < -0.3 is 15.5 Å². The normalized spacial score (nSPS) is 24.0. The first-order chi connectivity index (χ1) is 12.8. The standard InChI is InChI=1S/C21H24N4O/c26-21(24-19(15-6-7-15)16-8-9-16)20-17-5-1-2-11-25(17)18(23-20)12-14-4-3-10-22-13-14/h1-5,10-11,13,15-16,18-19,23H,6-9,12H2,(H,24,26)/p+1. The van der Waals surface area contributed by atoms with Gasteiger partial charge in [0.2, 0.25) is 0 Å². The number of rotatable bonds is 6. The van der Waals surface area contributed by atoms with Crippen LogP contribution in [0.15, 0.2) is 60.3 Å². The third-order valence-corrected chi connectivity index (χ3v) is 5.78. The number of fused-ring (bicyclic) bond motifs is 1. The van der Waals surface area contributed by atoms with Crippen LogP contribution >= 0.6 is 0 Å². The van der Waals surface area contributed by atoms with E-state index >= 15 is 0 Å². The summed E-state index contributed by atoms with van der Waals surface area (Å²) < 4.78 is 0. The van der Waals surface area contributed by atoms with E-state index in [2.05, 4.69) is 32.8 Å². The molecule has 2 fully saturated rings. The number of nitrogens with one attached hydrogen (secondary N) is 3. The zero-order chi connectivity index (χ0) is 17.5. The Hall–Kier alpha value is -2.56. The van der Waals surface area contributed by atoms with Gasteiger partial charge in [-0.15, -0.1) is 0 Å². The molecule has 1 atom stereocenters. The molecule has 5 rings (SSSR count). The molecule has 2 aliphatic heterocycles. The molecule has 2 saturated carbocycles. The van der Waals surface area contributed by atoms with Crippen molar-refractivity contribution in [3.63, 3.8) is 0 Å². The number of H-pyrrole nitrogens is 1. The van der Waals surface area contributed by atoms with Crippen LogP contribution in [-0.2, 0) is 11.2 Å². The van der Waals surface area contributed by atoms with Crippen LogP contribution in [-0.4, -0.2) is 23.0 Å². The molecule has 3 N–H and O–H groups in total. The summed E-state index contributed by atoms with van der Waals surface area (Å²) in [7, 11) is 0. The van der Waals surface area contributed by atoms with Crippen LogP contribution in [0.5, 0.6) is 0 Å². The predicted molar refractivity (Wildman–Crippen MR) is 98.1 cm³/mol. The van der Waals surface area contributed by atoms with Crippen molar-refractivity contribution < 1.29 is 9.78 Å². The molecule has 2 aliphatic carbocycles. The Balaban J connectivity index is 1.34. The smallest absolute Gasteiger partial charge is 0.269 e. The van der Waals surface area contributed by atoms with Gasteiger partial charge in [0.1, 0.15) is 11.9 Å². The van der Waals surface area contributed by atoms with Crippen LogP contribution in [0, 0.1) is 11.8 Å². The summed E-state index contributed by atoms with van der Waals surface area (Å²) in [6.45, 7) is 0. The van der Waals surface area contributed by atoms with E-state index in [1.807, 2.05) is 36.7 Å². The number of hydrogen-bond acceptors (Lipinski definition) is 3. The fourth-order valence-corrected chi connectivity index (χ4v) is 4.12. The highest BCUT2D eigenvalue weighted by Gasteiger charge is 2.43. The van der Waals surface area contributed by atoms with Gasteiger partial charge in [0.15, 0.2) is 12.4 Å². The van der Waals surface area contributed by atoms with Crippen LogP contribution in [0.1, 0.15) is 31.2 Å². The van der Waals surface area contributed by atoms with Gasteiger partial charge in [0, 0.05) is 30.3 Å². The Kier molecular flexibility index (Phi) is 3.80. The quantitative estimate of drug-likeness (QED) is 0.824. The summed E-state index contributed by atoms with van der Waals surface area (Å²) in [5.74, 6) is 1.45. The topological polar surface area (TPSA) is 58.5 Å². The van der Waals surface area contributed by atoms with Crippen molar-refractivity contribution in [3.05, 3.63) is 65.9 Å². The minimum atomic E-state index is 0.0517. The van der Waals surface area contributed by atoms with Crippen LogP contribution in [0.25, 0.3) is 0 Å². The third kappa shape index (κ3) is 3.02. The van der Waals surface area contributed by atoms with Gasteiger partial charge in [0.05, 0.1) is 5.70 Å². The lowest BCUT2D eigenvalue weighted by Gasteiger charge is -2.25. The van der Waals surface area contributed by atoms with E-state index in [0.717, 1.165) is 12.1 Å². The van der Waals surface area contributed by atoms with Crippen molar-refractivity contribution in [2.24, 2.45) is 11.8 Å². The van der Waals surface area contributed by atoms with E-state index < -0.39 is 0 Å². The zero-order valence-electron chi connectivity index (χ0n) is 14.8. The molecule has 1 aromatic heterocycles. The molecule has 1 unspecified atom stereocenters. The third-order valence-electron chi connectivity index (χ3n) is 5.78. The lowest BCUT2D eigenvalue weighted by Crippen LogP contribution is -2.43. The van der Waals surface area contributed by atoms with Crippen molar-refractivity contribution in [1.82, 2.24) is 15.5 Å². The first-order valence-electron chi connectivity index (χ1n) is 9.69. The van der Waals surface area contributed by atoms with Gasteiger partial charge in [-0.3, -0.25) is 4.79 Å². The van der Waals surface area contributed by atoms with Crippen molar-refractivity contribution in [2.45, 2.75) is 44.3 Å². The number of hydrogen-bond donors (Lipinski definition) is 2. The Morgan fingerprint density at radius 3 is 2.77 bits per heavy atom.